The lowest BCUT2D eigenvalue weighted by molar-refractivity contribution is -0.143. The predicted molar refractivity (Wildman–Crippen MR) is 111 cm³/mol. The maximum Gasteiger partial charge on any atom is 0.431 e. The first-order valence-electron chi connectivity index (χ1n) is 9.10. The molecule has 0 saturated carbocycles. The number of nitrogens with zero attached hydrogens (tertiary/aromatic N) is 4. The van der Waals surface area contributed by atoms with Gasteiger partial charge in [0.25, 0.3) is 5.91 Å². The Balaban J connectivity index is 2.36. The van der Waals surface area contributed by atoms with Gasteiger partial charge in [0.15, 0.2) is 0 Å². The van der Waals surface area contributed by atoms with E-state index in [1.54, 1.807) is 45.2 Å². The molecule has 10 heteroatoms. The Morgan fingerprint density at radius 1 is 1.27 bits per heavy atom. The van der Waals surface area contributed by atoms with E-state index in [0.717, 1.165) is 15.9 Å². The Morgan fingerprint density at radius 2 is 1.90 bits per heavy atom. The molecule has 0 aliphatic rings. The second kappa shape index (κ2) is 8.39. The first-order valence-corrected chi connectivity index (χ1v) is 10.4. The maximum atomic E-state index is 14.1. The summed E-state index contributed by atoms with van der Waals surface area (Å²) in [6.45, 7) is 4.78. The molecule has 0 aliphatic carbocycles. The number of hydrogen-bond acceptors (Lipinski definition) is 4. The van der Waals surface area contributed by atoms with Gasteiger partial charge in [-0.3, -0.25) is 4.79 Å². The first kappa shape index (κ1) is 22.3. The van der Waals surface area contributed by atoms with E-state index in [-0.39, 0.29) is 29.4 Å². The smallest absolute Gasteiger partial charge is 0.338 e. The zero-order chi connectivity index (χ0) is 22.2. The second-order valence-corrected chi connectivity index (χ2v) is 8.48. The van der Waals surface area contributed by atoms with Crippen LogP contribution >= 0.6 is 22.9 Å². The fraction of sp³-hybridized carbons (Fsp3) is 0.350. The predicted octanol–water partition coefficient (Wildman–Crippen LogP) is 5.52. The van der Waals surface area contributed by atoms with Gasteiger partial charge < -0.3 is 9.47 Å². The number of alkyl halides is 3. The SMILES string of the molecule is Cc1c(-c2ccc(Cl)cc2)c(C(=O)N(C)C(C)C)n(Cc2nncs2)c1C(F)(F)F. The molecule has 1 amide bonds. The number of amides is 1. The summed E-state index contributed by atoms with van der Waals surface area (Å²) in [5.74, 6) is -0.502. The number of carbonyl (C=O) groups excluding carboxylic acids is 1. The zero-order valence-corrected chi connectivity index (χ0v) is 18.4. The van der Waals surface area contributed by atoms with Crippen molar-refractivity contribution in [2.24, 2.45) is 0 Å². The van der Waals surface area contributed by atoms with Gasteiger partial charge in [-0.15, -0.1) is 21.5 Å². The summed E-state index contributed by atoms with van der Waals surface area (Å²) >= 11 is 7.10. The minimum Gasteiger partial charge on any atom is -0.338 e. The maximum absolute atomic E-state index is 14.1. The first-order chi connectivity index (χ1) is 14.0. The summed E-state index contributed by atoms with van der Waals surface area (Å²) in [4.78, 5) is 14.8. The molecule has 0 N–H and O–H groups in total. The van der Waals surface area contributed by atoms with Crippen LogP contribution in [-0.2, 0) is 12.7 Å². The third kappa shape index (κ3) is 4.22. The van der Waals surface area contributed by atoms with Crippen molar-refractivity contribution >= 4 is 28.8 Å². The molecule has 0 fully saturated rings. The lowest BCUT2D eigenvalue weighted by Crippen LogP contribution is -2.35. The Bertz CT molecular complexity index is 1040. The minimum absolute atomic E-state index is 0.0187. The third-order valence-corrected chi connectivity index (χ3v) is 5.84. The Kier molecular flexibility index (Phi) is 6.24. The number of hydrogen-bond donors (Lipinski definition) is 0. The average Bonchev–Trinajstić information content (AvgIpc) is 3.27. The lowest BCUT2D eigenvalue weighted by Gasteiger charge is -2.23. The fourth-order valence-corrected chi connectivity index (χ4v) is 3.90. The quantitative estimate of drug-likeness (QED) is 0.508. The van der Waals surface area contributed by atoms with Crippen LogP contribution < -0.4 is 0 Å². The van der Waals surface area contributed by atoms with Crippen molar-refractivity contribution in [3.63, 3.8) is 0 Å². The summed E-state index contributed by atoms with van der Waals surface area (Å²) in [6, 6.07) is 6.21. The fourth-order valence-electron chi connectivity index (χ4n) is 3.26. The molecule has 2 heterocycles. The van der Waals surface area contributed by atoms with Gasteiger partial charge in [-0.1, -0.05) is 23.7 Å². The largest absolute Gasteiger partial charge is 0.431 e. The van der Waals surface area contributed by atoms with Gasteiger partial charge in [0.05, 0.1) is 6.54 Å². The highest BCUT2D eigenvalue weighted by Crippen LogP contribution is 2.42. The molecule has 0 aliphatic heterocycles. The minimum atomic E-state index is -4.66. The van der Waals surface area contributed by atoms with Gasteiger partial charge in [-0.05, 0) is 44.0 Å². The van der Waals surface area contributed by atoms with Crippen LogP contribution in [-0.4, -0.2) is 38.7 Å². The molecule has 1 aromatic carbocycles. The molecule has 0 unspecified atom stereocenters. The Hall–Kier alpha value is -2.39. The molecule has 0 saturated heterocycles. The van der Waals surface area contributed by atoms with Crippen molar-refractivity contribution in [1.82, 2.24) is 19.7 Å². The number of aromatic nitrogens is 3. The Morgan fingerprint density at radius 3 is 2.40 bits per heavy atom. The van der Waals surface area contributed by atoms with Crippen LogP contribution in [0.1, 0.15) is 40.6 Å². The number of rotatable bonds is 5. The summed E-state index contributed by atoms with van der Waals surface area (Å²) in [7, 11) is 1.57. The molecule has 0 bridgehead atoms. The highest BCUT2D eigenvalue weighted by atomic mass is 35.5. The molecule has 0 atom stereocenters. The van der Waals surface area contributed by atoms with Gasteiger partial charge in [0.2, 0.25) is 0 Å². The highest BCUT2D eigenvalue weighted by molar-refractivity contribution is 7.09. The summed E-state index contributed by atoms with van der Waals surface area (Å²) in [6.07, 6.45) is -4.66. The van der Waals surface area contributed by atoms with Gasteiger partial charge in [0, 0.05) is 23.7 Å². The van der Waals surface area contributed by atoms with Crippen LogP contribution in [0.4, 0.5) is 13.2 Å². The molecular weight excluding hydrogens is 437 g/mol. The van der Waals surface area contributed by atoms with E-state index >= 15 is 0 Å². The van der Waals surface area contributed by atoms with Crippen LogP contribution in [0.25, 0.3) is 11.1 Å². The van der Waals surface area contributed by atoms with Gasteiger partial charge in [-0.25, -0.2) is 0 Å². The summed E-state index contributed by atoms with van der Waals surface area (Å²) < 4.78 is 43.4. The highest BCUT2D eigenvalue weighted by Gasteiger charge is 2.41. The molecule has 30 heavy (non-hydrogen) atoms. The van der Waals surface area contributed by atoms with E-state index in [1.165, 1.54) is 17.3 Å². The van der Waals surface area contributed by atoms with Crippen LogP contribution in [0.2, 0.25) is 5.02 Å². The topological polar surface area (TPSA) is 51.0 Å². The van der Waals surface area contributed by atoms with Crippen LogP contribution in [0, 0.1) is 6.92 Å². The van der Waals surface area contributed by atoms with Crippen molar-refractivity contribution < 1.29 is 18.0 Å². The molecule has 5 nitrogen and oxygen atoms in total. The van der Waals surface area contributed by atoms with Gasteiger partial charge in [-0.2, -0.15) is 13.2 Å². The van der Waals surface area contributed by atoms with Crippen LogP contribution in [0.5, 0.6) is 0 Å². The van der Waals surface area contributed by atoms with Crippen molar-refractivity contribution in [2.45, 2.75) is 39.5 Å². The molecule has 2 aromatic heterocycles. The van der Waals surface area contributed by atoms with E-state index in [9.17, 15) is 18.0 Å². The molecule has 0 radical (unpaired) electrons. The van der Waals surface area contributed by atoms with Crippen LogP contribution in [0.15, 0.2) is 29.8 Å². The van der Waals surface area contributed by atoms with Gasteiger partial charge in [0.1, 0.15) is 21.9 Å². The van der Waals surface area contributed by atoms with Crippen molar-refractivity contribution in [1.29, 1.82) is 0 Å². The average molecular weight is 457 g/mol. The van der Waals surface area contributed by atoms with E-state index in [4.69, 9.17) is 11.6 Å². The number of benzene rings is 1. The zero-order valence-electron chi connectivity index (χ0n) is 16.8. The number of carbonyl (C=O) groups is 1. The normalized spacial score (nSPS) is 11.9. The van der Waals surface area contributed by atoms with Crippen molar-refractivity contribution in [3.05, 3.63) is 56.8 Å². The molecule has 0 spiro atoms. The standard InChI is InChI=1S/C20H20ClF3N4OS/c1-11(2)27(4)19(29)17-16(13-5-7-14(21)8-6-13)12(3)18(20(22,23)24)28(17)9-15-26-25-10-30-15/h5-8,10-11H,9H2,1-4H3. The molecule has 160 valence electrons. The lowest BCUT2D eigenvalue weighted by atomic mass is 10.00. The summed E-state index contributed by atoms with van der Waals surface area (Å²) in [5.41, 5.74) is 1.24. The second-order valence-electron chi connectivity index (χ2n) is 7.13. The number of halogens is 4. The van der Waals surface area contributed by atoms with E-state index < -0.39 is 17.8 Å². The Labute approximate surface area is 181 Å². The van der Waals surface area contributed by atoms with E-state index in [0.29, 0.717) is 15.6 Å². The van der Waals surface area contributed by atoms with Crippen molar-refractivity contribution in [2.75, 3.05) is 7.05 Å². The summed E-state index contributed by atoms with van der Waals surface area (Å²) in [5, 5.41) is 8.41. The van der Waals surface area contributed by atoms with Gasteiger partial charge >= 0.3 is 6.18 Å². The molecule has 3 rings (SSSR count). The molecule has 3 aromatic rings. The monoisotopic (exact) mass is 456 g/mol. The molecular formula is C20H20ClF3N4OS. The van der Waals surface area contributed by atoms with Crippen molar-refractivity contribution in [3.8, 4) is 11.1 Å². The van der Waals surface area contributed by atoms with E-state index in [2.05, 4.69) is 10.2 Å². The van der Waals surface area contributed by atoms with Crippen LogP contribution in [0.3, 0.4) is 0 Å². The van der Waals surface area contributed by atoms with E-state index in [1.807, 2.05) is 0 Å². The third-order valence-electron chi connectivity index (χ3n) is 4.90.